The Bertz CT molecular complexity index is 893. The van der Waals surface area contributed by atoms with Crippen molar-refractivity contribution in [2.24, 2.45) is 0 Å². The molecule has 122 valence electrons. The zero-order valence-corrected chi connectivity index (χ0v) is 13.6. The summed E-state index contributed by atoms with van der Waals surface area (Å²) in [6.45, 7) is 1.96. The van der Waals surface area contributed by atoms with Crippen LogP contribution in [0.4, 0.5) is 0 Å². The van der Waals surface area contributed by atoms with Gasteiger partial charge in [-0.15, -0.1) is 0 Å². The number of fused-ring (bicyclic) bond motifs is 1. The SMILES string of the molecule is O=C(c1ccc2[nH]cnc2n1)N1CCNC(c2cccc(Cl)c2)C1. The largest absolute Gasteiger partial charge is 0.343 e. The standard InChI is InChI=1S/C17H16ClN5O/c18-12-3-1-2-11(8-12)15-9-23(7-6-19-15)17(24)14-5-4-13-16(22-14)21-10-20-13/h1-5,8,10,15,19H,6-7,9H2,(H,20,21,22). The average Bonchev–Trinajstić information content (AvgIpc) is 3.09. The van der Waals surface area contributed by atoms with Crippen LogP contribution in [0, 0.1) is 0 Å². The topological polar surface area (TPSA) is 73.9 Å². The van der Waals surface area contributed by atoms with Gasteiger partial charge < -0.3 is 15.2 Å². The molecule has 0 saturated carbocycles. The Labute approximate surface area is 143 Å². The van der Waals surface area contributed by atoms with Gasteiger partial charge in [-0.05, 0) is 29.8 Å². The summed E-state index contributed by atoms with van der Waals surface area (Å²) in [5.41, 5.74) is 2.88. The lowest BCUT2D eigenvalue weighted by Crippen LogP contribution is -2.48. The molecule has 1 fully saturated rings. The number of nitrogens with zero attached hydrogens (tertiary/aromatic N) is 3. The van der Waals surface area contributed by atoms with Crippen LogP contribution in [-0.2, 0) is 0 Å². The molecular formula is C17H16ClN5O. The van der Waals surface area contributed by atoms with Crippen LogP contribution in [0.3, 0.4) is 0 Å². The van der Waals surface area contributed by atoms with E-state index in [-0.39, 0.29) is 11.9 Å². The van der Waals surface area contributed by atoms with Crippen molar-refractivity contribution in [3.05, 3.63) is 59.0 Å². The van der Waals surface area contributed by atoms with Crippen molar-refractivity contribution in [3.63, 3.8) is 0 Å². The van der Waals surface area contributed by atoms with Gasteiger partial charge >= 0.3 is 0 Å². The highest BCUT2D eigenvalue weighted by atomic mass is 35.5. The zero-order valence-electron chi connectivity index (χ0n) is 12.9. The number of hydrogen-bond donors (Lipinski definition) is 2. The molecule has 1 aromatic carbocycles. The third-order valence-electron chi connectivity index (χ3n) is 4.21. The average molecular weight is 342 g/mol. The number of imidazole rings is 1. The van der Waals surface area contributed by atoms with Crippen molar-refractivity contribution in [2.75, 3.05) is 19.6 Å². The van der Waals surface area contributed by atoms with Gasteiger partial charge in [-0.3, -0.25) is 4.79 Å². The minimum Gasteiger partial charge on any atom is -0.343 e. The second-order valence-electron chi connectivity index (χ2n) is 5.78. The Hall–Kier alpha value is -2.44. The number of amides is 1. The summed E-state index contributed by atoms with van der Waals surface area (Å²) < 4.78 is 0. The Morgan fingerprint density at radius 1 is 1.29 bits per heavy atom. The Morgan fingerprint density at radius 3 is 3.08 bits per heavy atom. The number of nitrogens with one attached hydrogen (secondary N) is 2. The normalized spacial score (nSPS) is 18.0. The number of carbonyl (C=O) groups excluding carboxylic acids is 1. The van der Waals surface area contributed by atoms with Crippen LogP contribution < -0.4 is 5.32 Å². The summed E-state index contributed by atoms with van der Waals surface area (Å²) in [5.74, 6) is -0.0755. The lowest BCUT2D eigenvalue weighted by atomic mass is 10.0. The fourth-order valence-corrected chi connectivity index (χ4v) is 3.18. The van der Waals surface area contributed by atoms with E-state index in [1.807, 2.05) is 35.2 Å². The number of pyridine rings is 1. The maximum absolute atomic E-state index is 12.8. The third kappa shape index (κ3) is 2.86. The maximum Gasteiger partial charge on any atom is 0.272 e. The van der Waals surface area contributed by atoms with Crippen molar-refractivity contribution in [3.8, 4) is 0 Å². The van der Waals surface area contributed by atoms with E-state index in [4.69, 9.17) is 11.6 Å². The molecular weight excluding hydrogens is 326 g/mol. The molecule has 1 unspecified atom stereocenters. The van der Waals surface area contributed by atoms with E-state index in [2.05, 4.69) is 20.3 Å². The number of rotatable bonds is 2. The van der Waals surface area contributed by atoms with Crippen LogP contribution in [0.2, 0.25) is 5.02 Å². The monoisotopic (exact) mass is 341 g/mol. The van der Waals surface area contributed by atoms with Crippen molar-refractivity contribution in [1.29, 1.82) is 0 Å². The predicted molar refractivity (Wildman–Crippen MR) is 92.0 cm³/mol. The molecule has 1 atom stereocenters. The highest BCUT2D eigenvalue weighted by molar-refractivity contribution is 6.30. The maximum atomic E-state index is 12.8. The molecule has 1 amide bonds. The van der Waals surface area contributed by atoms with E-state index in [0.717, 1.165) is 17.6 Å². The quantitative estimate of drug-likeness (QED) is 0.750. The zero-order chi connectivity index (χ0) is 16.5. The molecule has 7 heteroatoms. The number of halogens is 1. The lowest BCUT2D eigenvalue weighted by Gasteiger charge is -2.33. The van der Waals surface area contributed by atoms with E-state index in [1.165, 1.54) is 0 Å². The highest BCUT2D eigenvalue weighted by Gasteiger charge is 2.26. The van der Waals surface area contributed by atoms with Gasteiger partial charge in [-0.25, -0.2) is 9.97 Å². The molecule has 1 saturated heterocycles. The van der Waals surface area contributed by atoms with Gasteiger partial charge in [0.05, 0.1) is 17.9 Å². The van der Waals surface area contributed by atoms with E-state index in [0.29, 0.717) is 29.5 Å². The van der Waals surface area contributed by atoms with Gasteiger partial charge in [0, 0.05) is 24.7 Å². The molecule has 24 heavy (non-hydrogen) atoms. The third-order valence-corrected chi connectivity index (χ3v) is 4.45. The van der Waals surface area contributed by atoms with Crippen LogP contribution in [-0.4, -0.2) is 45.4 Å². The van der Waals surface area contributed by atoms with Crippen LogP contribution in [0.1, 0.15) is 22.1 Å². The first-order valence-electron chi connectivity index (χ1n) is 7.79. The summed E-state index contributed by atoms with van der Waals surface area (Å²) in [6, 6.07) is 11.4. The highest BCUT2D eigenvalue weighted by Crippen LogP contribution is 2.21. The fraction of sp³-hybridized carbons (Fsp3) is 0.235. The number of hydrogen-bond acceptors (Lipinski definition) is 4. The molecule has 2 N–H and O–H groups in total. The van der Waals surface area contributed by atoms with E-state index >= 15 is 0 Å². The van der Waals surface area contributed by atoms with Crippen LogP contribution >= 0.6 is 11.6 Å². The number of carbonyl (C=O) groups is 1. The van der Waals surface area contributed by atoms with Crippen LogP contribution in [0.15, 0.2) is 42.7 Å². The number of piperazine rings is 1. The molecule has 0 radical (unpaired) electrons. The van der Waals surface area contributed by atoms with Gasteiger partial charge in [0.15, 0.2) is 5.65 Å². The van der Waals surface area contributed by atoms with Crippen molar-refractivity contribution >= 4 is 28.7 Å². The van der Waals surface area contributed by atoms with Crippen LogP contribution in [0.25, 0.3) is 11.2 Å². The Balaban J connectivity index is 1.55. The van der Waals surface area contributed by atoms with Gasteiger partial charge in [0.2, 0.25) is 0 Å². The van der Waals surface area contributed by atoms with Gasteiger partial charge in [-0.2, -0.15) is 0 Å². The molecule has 4 rings (SSSR count). The number of aromatic nitrogens is 3. The summed E-state index contributed by atoms with van der Waals surface area (Å²) in [7, 11) is 0. The summed E-state index contributed by atoms with van der Waals surface area (Å²) >= 11 is 6.08. The Kier molecular flexibility index (Phi) is 3.92. The first-order chi connectivity index (χ1) is 11.7. The molecule has 6 nitrogen and oxygen atoms in total. The smallest absolute Gasteiger partial charge is 0.272 e. The number of aromatic amines is 1. The van der Waals surface area contributed by atoms with E-state index in [9.17, 15) is 4.79 Å². The van der Waals surface area contributed by atoms with E-state index < -0.39 is 0 Å². The molecule has 0 spiro atoms. The van der Waals surface area contributed by atoms with Gasteiger partial charge in [0.25, 0.3) is 5.91 Å². The predicted octanol–water partition coefficient (Wildman–Crippen LogP) is 2.40. The minimum absolute atomic E-state index is 0.0653. The number of benzene rings is 1. The molecule has 1 aliphatic heterocycles. The lowest BCUT2D eigenvalue weighted by molar-refractivity contribution is 0.0697. The summed E-state index contributed by atoms with van der Waals surface area (Å²) in [6.07, 6.45) is 1.58. The molecule has 1 aliphatic rings. The Morgan fingerprint density at radius 2 is 2.21 bits per heavy atom. The second-order valence-corrected chi connectivity index (χ2v) is 6.22. The van der Waals surface area contributed by atoms with Crippen molar-refractivity contribution in [1.82, 2.24) is 25.2 Å². The first-order valence-corrected chi connectivity index (χ1v) is 8.17. The van der Waals surface area contributed by atoms with Crippen molar-refractivity contribution in [2.45, 2.75) is 6.04 Å². The van der Waals surface area contributed by atoms with E-state index in [1.54, 1.807) is 12.4 Å². The number of H-pyrrole nitrogens is 1. The second kappa shape index (κ2) is 6.22. The molecule has 2 aromatic heterocycles. The van der Waals surface area contributed by atoms with Crippen LogP contribution in [0.5, 0.6) is 0 Å². The molecule has 0 bridgehead atoms. The summed E-state index contributed by atoms with van der Waals surface area (Å²) in [4.78, 5) is 26.0. The minimum atomic E-state index is -0.0755. The molecule has 0 aliphatic carbocycles. The first kappa shape index (κ1) is 15.1. The summed E-state index contributed by atoms with van der Waals surface area (Å²) in [5, 5.41) is 4.13. The van der Waals surface area contributed by atoms with Crippen molar-refractivity contribution < 1.29 is 4.79 Å². The van der Waals surface area contributed by atoms with Gasteiger partial charge in [0.1, 0.15) is 5.69 Å². The van der Waals surface area contributed by atoms with Gasteiger partial charge in [-0.1, -0.05) is 23.7 Å². The fourth-order valence-electron chi connectivity index (χ4n) is 2.98. The molecule has 3 heterocycles. The molecule has 3 aromatic rings.